The fraction of sp³-hybridized carbons (Fsp3) is 0.714. The van der Waals surface area contributed by atoms with Crippen LogP contribution in [0.15, 0.2) is 12.2 Å². The topological polar surface area (TPSA) is 54.4 Å². The highest BCUT2D eigenvalue weighted by molar-refractivity contribution is 5.91. The molecule has 0 radical (unpaired) electrons. The number of hydrogen-bond donors (Lipinski definition) is 1. The van der Waals surface area contributed by atoms with Crippen molar-refractivity contribution in [3.63, 3.8) is 0 Å². The summed E-state index contributed by atoms with van der Waals surface area (Å²) in [6.07, 6.45) is 5.92. The lowest BCUT2D eigenvalue weighted by molar-refractivity contribution is -0.154. The molecule has 0 aliphatic heterocycles. The molecule has 3 nitrogen and oxygen atoms in total. The summed E-state index contributed by atoms with van der Waals surface area (Å²) in [5.74, 6) is -1.36. The standard InChI is InChI=1S/C14H20O3/c1-14(2,3)12(15)10-8-4-6-9(7-5-8)11(10)13(16)17/h4,6,8-11H,5,7H2,1-3H3,(H,16,17). The normalized spacial score (nSPS) is 35.9. The van der Waals surface area contributed by atoms with E-state index in [1.165, 1.54) is 0 Å². The Balaban J connectivity index is 2.34. The van der Waals surface area contributed by atoms with Crippen LogP contribution in [0, 0.1) is 29.1 Å². The Morgan fingerprint density at radius 2 is 1.53 bits per heavy atom. The van der Waals surface area contributed by atoms with Crippen LogP contribution in [-0.4, -0.2) is 16.9 Å². The SMILES string of the molecule is CC(C)(C)C(=O)C1C2C=CC(CC2)C1C(=O)O. The molecule has 0 spiro atoms. The van der Waals surface area contributed by atoms with Crippen molar-refractivity contribution in [3.8, 4) is 0 Å². The smallest absolute Gasteiger partial charge is 0.307 e. The van der Waals surface area contributed by atoms with Crippen LogP contribution in [-0.2, 0) is 9.59 Å². The summed E-state index contributed by atoms with van der Waals surface area (Å²) in [7, 11) is 0. The number of allylic oxidation sites excluding steroid dienone is 2. The Labute approximate surface area is 102 Å². The zero-order valence-electron chi connectivity index (χ0n) is 10.6. The fourth-order valence-corrected chi connectivity index (χ4v) is 3.19. The maximum atomic E-state index is 12.4. The van der Waals surface area contributed by atoms with Crippen LogP contribution in [0.2, 0.25) is 0 Å². The van der Waals surface area contributed by atoms with Crippen LogP contribution in [0.5, 0.6) is 0 Å². The number of rotatable bonds is 2. The van der Waals surface area contributed by atoms with Crippen molar-refractivity contribution < 1.29 is 14.7 Å². The van der Waals surface area contributed by atoms with Crippen molar-refractivity contribution in [1.29, 1.82) is 0 Å². The molecular formula is C14H20O3. The summed E-state index contributed by atoms with van der Waals surface area (Å²) in [5.41, 5.74) is -0.455. The van der Waals surface area contributed by atoms with Crippen molar-refractivity contribution >= 4 is 11.8 Å². The van der Waals surface area contributed by atoms with Gasteiger partial charge in [-0.2, -0.15) is 0 Å². The third-order valence-electron chi connectivity index (χ3n) is 4.08. The minimum Gasteiger partial charge on any atom is -0.481 e. The summed E-state index contributed by atoms with van der Waals surface area (Å²) < 4.78 is 0. The molecule has 2 bridgehead atoms. The predicted octanol–water partition coefficient (Wildman–Crippen LogP) is 2.51. The number of aliphatic carboxylic acids is 1. The molecule has 0 saturated heterocycles. The van der Waals surface area contributed by atoms with Gasteiger partial charge in [0.2, 0.25) is 0 Å². The molecule has 0 aromatic carbocycles. The zero-order valence-corrected chi connectivity index (χ0v) is 10.6. The van der Waals surface area contributed by atoms with Crippen molar-refractivity contribution in [2.75, 3.05) is 0 Å². The number of fused-ring (bicyclic) bond motifs is 2. The number of ketones is 1. The number of Topliss-reactive ketones (excluding diaryl/α,β-unsaturated/α-hetero) is 1. The van der Waals surface area contributed by atoms with Gasteiger partial charge in [0.05, 0.1) is 5.92 Å². The van der Waals surface area contributed by atoms with Gasteiger partial charge in [0.25, 0.3) is 0 Å². The van der Waals surface area contributed by atoms with Gasteiger partial charge in [-0.3, -0.25) is 9.59 Å². The Morgan fingerprint density at radius 3 is 1.88 bits per heavy atom. The average Bonchev–Trinajstić information content (AvgIpc) is 2.27. The average molecular weight is 236 g/mol. The second-order valence-corrected chi connectivity index (χ2v) is 6.29. The third-order valence-corrected chi connectivity index (χ3v) is 4.08. The van der Waals surface area contributed by atoms with Crippen molar-refractivity contribution in [3.05, 3.63) is 12.2 Å². The molecule has 1 saturated carbocycles. The summed E-state index contributed by atoms with van der Waals surface area (Å²) in [6.45, 7) is 5.63. The fourth-order valence-electron chi connectivity index (χ4n) is 3.19. The zero-order chi connectivity index (χ0) is 12.8. The first-order valence-corrected chi connectivity index (χ1v) is 6.28. The third kappa shape index (κ3) is 2.03. The summed E-state index contributed by atoms with van der Waals surface area (Å²) in [6, 6.07) is 0. The summed E-state index contributed by atoms with van der Waals surface area (Å²) >= 11 is 0. The molecule has 0 aromatic heterocycles. The lowest BCUT2D eigenvalue weighted by Crippen LogP contribution is -2.48. The molecule has 3 aliphatic carbocycles. The van der Waals surface area contributed by atoms with Gasteiger partial charge in [-0.25, -0.2) is 0 Å². The van der Waals surface area contributed by atoms with Crippen LogP contribution in [0.3, 0.4) is 0 Å². The van der Waals surface area contributed by atoms with Gasteiger partial charge in [0.1, 0.15) is 5.78 Å². The van der Waals surface area contributed by atoms with Gasteiger partial charge in [-0.1, -0.05) is 32.9 Å². The second-order valence-electron chi connectivity index (χ2n) is 6.29. The van der Waals surface area contributed by atoms with E-state index in [1.54, 1.807) is 0 Å². The summed E-state index contributed by atoms with van der Waals surface area (Å²) in [4.78, 5) is 23.8. The lowest BCUT2D eigenvalue weighted by Gasteiger charge is -2.44. The number of carboxylic acid groups (broad SMARTS) is 1. The molecule has 4 unspecified atom stereocenters. The highest BCUT2D eigenvalue weighted by atomic mass is 16.4. The van der Waals surface area contributed by atoms with Crippen molar-refractivity contribution in [2.45, 2.75) is 33.6 Å². The Bertz CT molecular complexity index is 375. The quantitative estimate of drug-likeness (QED) is 0.749. The minimum absolute atomic E-state index is 0.0498. The summed E-state index contributed by atoms with van der Waals surface area (Å²) in [5, 5.41) is 9.36. The molecular weight excluding hydrogens is 216 g/mol. The highest BCUT2D eigenvalue weighted by Gasteiger charge is 2.49. The Kier molecular flexibility index (Phi) is 2.88. The largest absolute Gasteiger partial charge is 0.481 e. The molecule has 17 heavy (non-hydrogen) atoms. The number of carbonyl (C=O) groups is 2. The van der Waals surface area contributed by atoms with E-state index in [1.807, 2.05) is 26.8 Å². The first-order valence-electron chi connectivity index (χ1n) is 6.28. The van der Waals surface area contributed by atoms with Crippen LogP contribution in [0.1, 0.15) is 33.6 Å². The van der Waals surface area contributed by atoms with Crippen LogP contribution in [0.25, 0.3) is 0 Å². The molecule has 3 rings (SSSR count). The van der Waals surface area contributed by atoms with Crippen molar-refractivity contribution in [1.82, 2.24) is 0 Å². The van der Waals surface area contributed by atoms with Crippen molar-refractivity contribution in [2.24, 2.45) is 29.1 Å². The Hall–Kier alpha value is -1.12. The molecule has 1 fully saturated rings. The Morgan fingerprint density at radius 1 is 1.06 bits per heavy atom. The first kappa shape index (κ1) is 12.3. The molecule has 0 amide bonds. The van der Waals surface area contributed by atoms with Gasteiger partial charge in [0, 0.05) is 11.3 Å². The molecule has 3 heteroatoms. The first-order chi connectivity index (χ1) is 7.82. The van der Waals surface area contributed by atoms with Gasteiger partial charge >= 0.3 is 5.97 Å². The maximum absolute atomic E-state index is 12.4. The van der Waals surface area contributed by atoms with Gasteiger partial charge in [-0.15, -0.1) is 0 Å². The molecule has 0 heterocycles. The van der Waals surface area contributed by atoms with E-state index in [-0.39, 0.29) is 23.5 Å². The van der Waals surface area contributed by atoms with E-state index in [0.29, 0.717) is 0 Å². The van der Waals surface area contributed by atoms with E-state index < -0.39 is 17.3 Å². The maximum Gasteiger partial charge on any atom is 0.307 e. The minimum atomic E-state index is -0.813. The van der Waals surface area contributed by atoms with Crippen LogP contribution < -0.4 is 0 Å². The van der Waals surface area contributed by atoms with Gasteiger partial charge in [0.15, 0.2) is 0 Å². The highest BCUT2D eigenvalue weighted by Crippen LogP contribution is 2.47. The van der Waals surface area contributed by atoms with Crippen LogP contribution in [0.4, 0.5) is 0 Å². The van der Waals surface area contributed by atoms with E-state index in [9.17, 15) is 14.7 Å². The molecule has 3 aliphatic rings. The number of carbonyl (C=O) groups excluding carboxylic acids is 1. The van der Waals surface area contributed by atoms with E-state index in [0.717, 1.165) is 12.8 Å². The molecule has 94 valence electrons. The van der Waals surface area contributed by atoms with Gasteiger partial charge in [-0.05, 0) is 24.7 Å². The molecule has 4 atom stereocenters. The van der Waals surface area contributed by atoms with E-state index in [2.05, 4.69) is 6.08 Å². The molecule has 0 aromatic rings. The van der Waals surface area contributed by atoms with E-state index >= 15 is 0 Å². The number of carboxylic acids is 1. The second kappa shape index (κ2) is 3.97. The van der Waals surface area contributed by atoms with Gasteiger partial charge < -0.3 is 5.11 Å². The monoisotopic (exact) mass is 236 g/mol. The van der Waals surface area contributed by atoms with E-state index in [4.69, 9.17) is 0 Å². The number of hydrogen-bond acceptors (Lipinski definition) is 2. The molecule has 1 N–H and O–H groups in total. The lowest BCUT2D eigenvalue weighted by atomic mass is 9.58. The van der Waals surface area contributed by atoms with Crippen LogP contribution >= 0.6 is 0 Å². The predicted molar refractivity (Wildman–Crippen MR) is 64.4 cm³/mol.